The summed E-state index contributed by atoms with van der Waals surface area (Å²) in [5, 5.41) is 58.1. The Hall–Kier alpha value is -4.76. The lowest BCUT2D eigenvalue weighted by molar-refractivity contribution is -0.142. The molecule has 55 heavy (non-hydrogen) atoms. The van der Waals surface area contributed by atoms with Crippen LogP contribution in [0.1, 0.15) is 46.1 Å². The number of nitrogens with zero attached hydrogens (tertiary/aromatic N) is 1. The third-order valence-corrected chi connectivity index (χ3v) is 11.0. The average Bonchev–Trinajstić information content (AvgIpc) is 3.69. The van der Waals surface area contributed by atoms with Crippen molar-refractivity contribution in [2.75, 3.05) is 18.9 Å². The second-order valence-electron chi connectivity index (χ2n) is 14.6. The molecule has 0 spiro atoms. The minimum atomic E-state index is -1.90. The van der Waals surface area contributed by atoms with Gasteiger partial charge in [0.15, 0.2) is 0 Å². The molecule has 5 rings (SSSR count). The predicted octanol–water partition coefficient (Wildman–Crippen LogP) is -3.75. The molecule has 1 aromatic carbocycles. The van der Waals surface area contributed by atoms with Gasteiger partial charge in [0.2, 0.25) is 41.4 Å². The summed E-state index contributed by atoms with van der Waals surface area (Å²) in [5.74, 6) is -6.26. The molecule has 0 radical (unpaired) electrons. The van der Waals surface area contributed by atoms with Crippen LogP contribution in [0.25, 0.3) is 10.9 Å². The first-order chi connectivity index (χ1) is 25.9. The smallest absolute Gasteiger partial charge is 0.246 e. The van der Waals surface area contributed by atoms with Crippen molar-refractivity contribution >= 4 is 64.0 Å². The van der Waals surface area contributed by atoms with E-state index in [-0.39, 0.29) is 25.1 Å². The zero-order chi connectivity index (χ0) is 40.4. The van der Waals surface area contributed by atoms with Crippen molar-refractivity contribution < 1.29 is 54.0 Å². The fraction of sp³-hybridized carbons (Fsp3) is 0.571. The van der Waals surface area contributed by atoms with E-state index in [4.69, 9.17) is 0 Å². The van der Waals surface area contributed by atoms with Crippen LogP contribution in [0.15, 0.2) is 29.3 Å². The molecule has 2 bridgehead atoms. The maximum atomic E-state index is 14.3. The van der Waals surface area contributed by atoms with Gasteiger partial charge in [0, 0.05) is 42.5 Å². The molecular formula is C35H48N8O11S. The van der Waals surface area contributed by atoms with E-state index in [1.165, 1.54) is 27.7 Å². The number of aromatic nitrogens is 1. The number of hydrogen-bond donors (Lipinski definition) is 11. The highest BCUT2D eigenvalue weighted by Crippen LogP contribution is 2.32. The molecule has 20 heteroatoms. The minimum Gasteiger partial charge on any atom is -0.393 e. The quantitative estimate of drug-likeness (QED) is 0.143. The number of hydrogen-bond acceptors (Lipinski definition) is 12. The molecule has 0 saturated carbocycles. The van der Waals surface area contributed by atoms with Crippen molar-refractivity contribution in [3.63, 3.8) is 0 Å². The number of aliphatic hydroxyl groups is 4. The van der Waals surface area contributed by atoms with Gasteiger partial charge in [-0.15, -0.1) is 11.8 Å². The zero-order valence-electron chi connectivity index (χ0n) is 30.8. The van der Waals surface area contributed by atoms with Crippen LogP contribution in [0, 0.1) is 0 Å². The molecule has 2 aromatic rings. The number of amides is 7. The fourth-order valence-electron chi connectivity index (χ4n) is 6.74. The van der Waals surface area contributed by atoms with Gasteiger partial charge < -0.3 is 62.2 Å². The first-order valence-electron chi connectivity index (χ1n) is 17.9. The fourth-order valence-corrected chi connectivity index (χ4v) is 7.85. The Labute approximate surface area is 320 Å². The van der Waals surface area contributed by atoms with E-state index >= 15 is 0 Å². The van der Waals surface area contributed by atoms with Gasteiger partial charge in [-0.05, 0) is 39.3 Å². The van der Waals surface area contributed by atoms with E-state index in [0.29, 0.717) is 21.5 Å². The Morgan fingerprint density at radius 2 is 1.49 bits per heavy atom. The second kappa shape index (κ2) is 16.9. The summed E-state index contributed by atoms with van der Waals surface area (Å²) in [6, 6.07) is -2.86. The van der Waals surface area contributed by atoms with Crippen LogP contribution in [-0.2, 0) is 40.0 Å². The highest BCUT2D eigenvalue weighted by atomic mass is 32.2. The number of fused-ring (bicyclic) bond motifs is 5. The number of aliphatic hydroxyl groups excluding tert-OH is 3. The Morgan fingerprint density at radius 3 is 2.16 bits per heavy atom. The molecule has 10 atom stereocenters. The van der Waals surface area contributed by atoms with Crippen molar-refractivity contribution in [2.24, 2.45) is 0 Å². The summed E-state index contributed by atoms with van der Waals surface area (Å²) in [6.45, 7) is 4.02. The van der Waals surface area contributed by atoms with E-state index in [0.717, 1.165) is 16.7 Å². The lowest BCUT2D eigenvalue weighted by Gasteiger charge is -2.31. The number of benzene rings is 1. The molecule has 0 aliphatic carbocycles. The maximum Gasteiger partial charge on any atom is 0.246 e. The highest BCUT2D eigenvalue weighted by molar-refractivity contribution is 7.99. The Bertz CT molecular complexity index is 1840. The summed E-state index contributed by atoms with van der Waals surface area (Å²) in [7, 11) is 0. The maximum absolute atomic E-state index is 14.3. The van der Waals surface area contributed by atoms with E-state index in [1.54, 1.807) is 24.3 Å². The topological polar surface area (TPSA) is 292 Å². The van der Waals surface area contributed by atoms with Crippen molar-refractivity contribution in [1.82, 2.24) is 41.8 Å². The van der Waals surface area contributed by atoms with Gasteiger partial charge in [0.1, 0.15) is 42.3 Å². The van der Waals surface area contributed by atoms with Crippen molar-refractivity contribution in [3.05, 3.63) is 29.8 Å². The predicted molar refractivity (Wildman–Crippen MR) is 196 cm³/mol. The molecule has 1 saturated heterocycles. The summed E-state index contributed by atoms with van der Waals surface area (Å²) in [4.78, 5) is 101. The van der Waals surface area contributed by atoms with E-state index in [9.17, 15) is 54.0 Å². The van der Waals surface area contributed by atoms with Gasteiger partial charge in [0.25, 0.3) is 0 Å². The number of nitrogens with one attached hydrogen (secondary N) is 7. The SMILES string of the molecule is C[C@@H]1NC(=O)[C@H](CC(C)(O)CO)NC(=O)[C@@H]2Cc3c([nH]c4ccccc34)SC[C@@H](NC(=O)[C@@H]([C@H](C)O)NC1=O)C(=O)N1C[C@H](O)C[C@H]1C(=O)N[C@@H](C)C(=O)N2. The van der Waals surface area contributed by atoms with Crippen LogP contribution in [0.2, 0.25) is 0 Å². The molecule has 1 fully saturated rings. The summed E-state index contributed by atoms with van der Waals surface area (Å²) in [6.07, 6.45) is -3.53. The molecule has 19 nitrogen and oxygen atoms in total. The molecule has 7 amide bonds. The Balaban J connectivity index is 1.69. The molecule has 4 heterocycles. The first kappa shape index (κ1) is 41.4. The average molecular weight is 789 g/mol. The number of aromatic amines is 1. The Morgan fingerprint density at radius 1 is 0.855 bits per heavy atom. The lowest BCUT2D eigenvalue weighted by atomic mass is 9.96. The second-order valence-corrected chi connectivity index (χ2v) is 15.6. The summed E-state index contributed by atoms with van der Waals surface area (Å²) in [5.41, 5.74) is -0.741. The van der Waals surface area contributed by atoms with Gasteiger partial charge in [-0.25, -0.2) is 0 Å². The summed E-state index contributed by atoms with van der Waals surface area (Å²) < 4.78 is 0. The van der Waals surface area contributed by atoms with Crippen LogP contribution in [0.4, 0.5) is 0 Å². The monoisotopic (exact) mass is 788 g/mol. The van der Waals surface area contributed by atoms with Gasteiger partial charge in [-0.1, -0.05) is 18.2 Å². The van der Waals surface area contributed by atoms with Gasteiger partial charge in [-0.3, -0.25) is 33.6 Å². The number of para-hydroxylation sites is 1. The largest absolute Gasteiger partial charge is 0.393 e. The zero-order valence-corrected chi connectivity index (χ0v) is 31.6. The highest BCUT2D eigenvalue weighted by Gasteiger charge is 2.44. The lowest BCUT2D eigenvalue weighted by Crippen LogP contribution is -2.61. The van der Waals surface area contributed by atoms with Crippen LogP contribution in [0.5, 0.6) is 0 Å². The van der Waals surface area contributed by atoms with Crippen LogP contribution in [-0.4, -0.2) is 151 Å². The van der Waals surface area contributed by atoms with Crippen LogP contribution < -0.4 is 31.9 Å². The normalized spacial score (nSPS) is 30.8. The molecule has 1 unspecified atom stereocenters. The first-order valence-corrected chi connectivity index (χ1v) is 18.9. The van der Waals surface area contributed by atoms with Crippen molar-refractivity contribution in [1.29, 1.82) is 0 Å². The number of rotatable bonds is 4. The number of carbonyl (C=O) groups excluding carboxylic acids is 7. The molecule has 300 valence electrons. The van der Waals surface area contributed by atoms with Crippen molar-refractivity contribution in [3.8, 4) is 0 Å². The number of H-pyrrole nitrogens is 1. The minimum absolute atomic E-state index is 0.170. The molecule has 3 aliphatic heterocycles. The number of thioether (sulfide) groups is 1. The third-order valence-electron chi connectivity index (χ3n) is 9.87. The van der Waals surface area contributed by atoms with Crippen LogP contribution >= 0.6 is 11.8 Å². The molecule has 11 N–H and O–H groups in total. The summed E-state index contributed by atoms with van der Waals surface area (Å²) >= 11 is 1.08. The van der Waals surface area contributed by atoms with Gasteiger partial charge in [-0.2, -0.15) is 0 Å². The van der Waals surface area contributed by atoms with Gasteiger partial charge >= 0.3 is 0 Å². The van der Waals surface area contributed by atoms with E-state index in [2.05, 4.69) is 36.9 Å². The molecule has 3 aliphatic rings. The molecule has 1 aromatic heterocycles. The van der Waals surface area contributed by atoms with Crippen molar-refractivity contribution in [2.45, 2.75) is 112 Å². The standard InChI is InChI=1S/C35H48N8O11S/c1-15-27(47)38-22-10-20-19-7-5-6-8-21(19)41-33(20)55-13-24(34(53)43-12-18(46)9-25(43)31(51)37-15)40-32(52)26(17(3)45)42-28(48)16(2)36-30(50)23(39-29(22)49)11-35(4,54)14-44/h5-8,15-18,22-26,41,44-46,54H,9-14H2,1-4H3,(H,36,50)(H,37,51)(H,38,47)(H,39,49)(H,40,52)(H,42,48)/t15-,16-,17-,18+,22-,23-,24+,25-,26+,35?/m0/s1. The van der Waals surface area contributed by atoms with E-state index in [1.807, 2.05) is 0 Å². The molecular weight excluding hydrogens is 740 g/mol. The third kappa shape index (κ3) is 9.55. The number of carbonyl (C=O) groups is 7. The Kier molecular flexibility index (Phi) is 12.8. The van der Waals surface area contributed by atoms with Gasteiger partial charge in [0.05, 0.1) is 29.4 Å². The van der Waals surface area contributed by atoms with E-state index < -0.39 is 114 Å². The van der Waals surface area contributed by atoms with Crippen LogP contribution in [0.3, 0.4) is 0 Å².